The lowest BCUT2D eigenvalue weighted by Crippen LogP contribution is -1.94. The Bertz CT molecular complexity index is 403. The van der Waals surface area contributed by atoms with E-state index in [0.29, 0.717) is 4.88 Å². The van der Waals surface area contributed by atoms with E-state index in [0.717, 1.165) is 11.3 Å². The van der Waals surface area contributed by atoms with Crippen LogP contribution < -0.4 is 0 Å². The molecule has 0 radical (unpaired) electrons. The average Bonchev–Trinajstić information content (AvgIpc) is 2.52. The van der Waals surface area contributed by atoms with Crippen molar-refractivity contribution in [2.24, 2.45) is 0 Å². The summed E-state index contributed by atoms with van der Waals surface area (Å²) < 4.78 is 0. The Labute approximate surface area is 84.1 Å². The van der Waals surface area contributed by atoms with Gasteiger partial charge in [0.05, 0.1) is 0 Å². The van der Waals surface area contributed by atoms with Crippen molar-refractivity contribution < 1.29 is 19.8 Å². The van der Waals surface area contributed by atoms with Gasteiger partial charge in [-0.3, -0.25) is 0 Å². The molecule has 0 aromatic carbocycles. The molecule has 5 heteroatoms. The van der Waals surface area contributed by atoms with Crippen molar-refractivity contribution in [3.63, 3.8) is 0 Å². The number of rotatable bonds is 3. The summed E-state index contributed by atoms with van der Waals surface area (Å²) in [4.78, 5) is 21.8. The first kappa shape index (κ1) is 10.5. The van der Waals surface area contributed by atoms with Gasteiger partial charge in [0.2, 0.25) is 0 Å². The minimum atomic E-state index is -1.00. The Morgan fingerprint density at radius 3 is 2.43 bits per heavy atom. The molecule has 0 spiro atoms. The van der Waals surface area contributed by atoms with Crippen LogP contribution in [0.2, 0.25) is 0 Å². The third-order valence-corrected chi connectivity index (χ3v) is 2.55. The molecule has 0 unspecified atom stereocenters. The molecule has 4 nitrogen and oxygen atoms in total. The summed E-state index contributed by atoms with van der Waals surface area (Å²) in [5.41, 5.74) is 0.184. The van der Waals surface area contributed by atoms with Crippen LogP contribution in [0.1, 0.15) is 21.5 Å². The topological polar surface area (TPSA) is 74.6 Å². The van der Waals surface area contributed by atoms with Gasteiger partial charge in [-0.25, -0.2) is 9.59 Å². The summed E-state index contributed by atoms with van der Waals surface area (Å²) in [5.74, 6) is -2.00. The van der Waals surface area contributed by atoms with Crippen molar-refractivity contribution in [1.82, 2.24) is 0 Å². The van der Waals surface area contributed by atoms with Gasteiger partial charge < -0.3 is 10.2 Å². The Kier molecular flexibility index (Phi) is 3.03. The first-order chi connectivity index (χ1) is 6.50. The molecule has 0 bridgehead atoms. The van der Waals surface area contributed by atoms with Crippen molar-refractivity contribution in [2.75, 3.05) is 0 Å². The SMILES string of the molecule is C/C(=C\c1ccc(C(=O)O)s1)C(=O)O. The molecule has 0 amide bonds. The van der Waals surface area contributed by atoms with E-state index >= 15 is 0 Å². The van der Waals surface area contributed by atoms with Crippen molar-refractivity contribution in [1.29, 1.82) is 0 Å². The van der Waals surface area contributed by atoms with E-state index in [-0.39, 0.29) is 10.5 Å². The highest BCUT2D eigenvalue weighted by Crippen LogP contribution is 2.19. The van der Waals surface area contributed by atoms with E-state index in [1.165, 1.54) is 19.1 Å². The van der Waals surface area contributed by atoms with Crippen LogP contribution in [0.15, 0.2) is 17.7 Å². The van der Waals surface area contributed by atoms with Crippen molar-refractivity contribution in [2.45, 2.75) is 6.92 Å². The van der Waals surface area contributed by atoms with Crippen LogP contribution in [0.3, 0.4) is 0 Å². The number of carboxylic acid groups (broad SMARTS) is 2. The number of hydrogen-bond donors (Lipinski definition) is 2. The molecule has 74 valence electrons. The van der Waals surface area contributed by atoms with Gasteiger partial charge in [0.1, 0.15) is 4.88 Å². The fourth-order valence-corrected chi connectivity index (χ4v) is 1.67. The van der Waals surface area contributed by atoms with Crippen LogP contribution in [0, 0.1) is 0 Å². The van der Waals surface area contributed by atoms with Crippen LogP contribution >= 0.6 is 11.3 Å². The number of thiophene rings is 1. The maximum atomic E-state index is 10.5. The number of carboxylic acids is 2. The molecule has 1 aromatic heterocycles. The molecule has 0 atom stereocenters. The number of hydrogen-bond acceptors (Lipinski definition) is 3. The van der Waals surface area contributed by atoms with E-state index < -0.39 is 11.9 Å². The Balaban J connectivity index is 2.93. The van der Waals surface area contributed by atoms with E-state index in [9.17, 15) is 9.59 Å². The monoisotopic (exact) mass is 212 g/mol. The smallest absolute Gasteiger partial charge is 0.345 e. The molecule has 14 heavy (non-hydrogen) atoms. The summed E-state index contributed by atoms with van der Waals surface area (Å²) >= 11 is 1.05. The van der Waals surface area contributed by atoms with Crippen LogP contribution in [0.25, 0.3) is 6.08 Å². The molecule has 0 saturated carbocycles. The quantitative estimate of drug-likeness (QED) is 0.751. The second-order valence-electron chi connectivity index (χ2n) is 2.64. The highest BCUT2D eigenvalue weighted by Gasteiger charge is 2.06. The van der Waals surface area contributed by atoms with Crippen LogP contribution in [0.5, 0.6) is 0 Å². The van der Waals surface area contributed by atoms with Crippen molar-refractivity contribution in [3.05, 3.63) is 27.5 Å². The van der Waals surface area contributed by atoms with Gasteiger partial charge in [-0.15, -0.1) is 11.3 Å². The van der Waals surface area contributed by atoms with Crippen LogP contribution in [-0.2, 0) is 4.79 Å². The maximum Gasteiger partial charge on any atom is 0.345 e. The first-order valence-electron chi connectivity index (χ1n) is 3.75. The fourth-order valence-electron chi connectivity index (χ4n) is 0.820. The van der Waals surface area contributed by atoms with E-state index in [4.69, 9.17) is 10.2 Å². The fraction of sp³-hybridized carbons (Fsp3) is 0.111. The zero-order chi connectivity index (χ0) is 10.7. The van der Waals surface area contributed by atoms with Crippen LogP contribution in [0.4, 0.5) is 0 Å². The third kappa shape index (κ3) is 2.43. The number of aromatic carboxylic acids is 1. The van der Waals surface area contributed by atoms with Gasteiger partial charge in [0, 0.05) is 10.5 Å². The first-order valence-corrected chi connectivity index (χ1v) is 4.57. The standard InChI is InChI=1S/C9H8O4S/c1-5(8(10)11)4-6-2-3-7(14-6)9(12)13/h2-4H,1H3,(H,10,11)(H,12,13)/b5-4+. The van der Waals surface area contributed by atoms with Gasteiger partial charge in [-0.1, -0.05) is 0 Å². The largest absolute Gasteiger partial charge is 0.478 e. The van der Waals surface area contributed by atoms with E-state index in [1.54, 1.807) is 6.07 Å². The van der Waals surface area contributed by atoms with E-state index in [1.807, 2.05) is 0 Å². The van der Waals surface area contributed by atoms with Gasteiger partial charge in [0.25, 0.3) is 0 Å². The molecule has 1 aromatic rings. The summed E-state index contributed by atoms with van der Waals surface area (Å²) in [6, 6.07) is 3.04. The maximum absolute atomic E-state index is 10.5. The highest BCUT2D eigenvalue weighted by molar-refractivity contribution is 7.14. The zero-order valence-corrected chi connectivity index (χ0v) is 8.17. The van der Waals surface area contributed by atoms with E-state index in [2.05, 4.69) is 0 Å². The van der Waals surface area contributed by atoms with Crippen LogP contribution in [-0.4, -0.2) is 22.2 Å². The molecule has 0 fully saturated rings. The second kappa shape index (κ2) is 4.06. The summed E-state index contributed by atoms with van der Waals surface area (Å²) in [7, 11) is 0. The molecule has 0 aliphatic rings. The third-order valence-electron chi connectivity index (χ3n) is 1.53. The number of carbonyl (C=O) groups is 2. The average molecular weight is 212 g/mol. The lowest BCUT2D eigenvalue weighted by molar-refractivity contribution is -0.132. The summed E-state index contributed by atoms with van der Waals surface area (Å²) in [6.07, 6.45) is 1.44. The van der Waals surface area contributed by atoms with Gasteiger partial charge in [0.15, 0.2) is 0 Å². The lowest BCUT2D eigenvalue weighted by atomic mass is 10.2. The number of aliphatic carboxylic acids is 1. The summed E-state index contributed by atoms with van der Waals surface area (Å²) in [5, 5.41) is 17.2. The molecular formula is C9H8O4S. The van der Waals surface area contributed by atoms with Crippen molar-refractivity contribution >= 4 is 29.4 Å². The second-order valence-corrected chi connectivity index (χ2v) is 3.76. The molecule has 0 saturated heterocycles. The van der Waals surface area contributed by atoms with Gasteiger partial charge in [-0.05, 0) is 25.1 Å². The normalized spacial score (nSPS) is 11.4. The predicted octanol–water partition coefficient (Wildman–Crippen LogP) is 1.93. The molecular weight excluding hydrogens is 204 g/mol. The minimum Gasteiger partial charge on any atom is -0.478 e. The Morgan fingerprint density at radius 1 is 1.36 bits per heavy atom. The molecule has 1 heterocycles. The highest BCUT2D eigenvalue weighted by atomic mass is 32.1. The molecule has 0 aliphatic carbocycles. The lowest BCUT2D eigenvalue weighted by Gasteiger charge is -1.89. The zero-order valence-electron chi connectivity index (χ0n) is 7.35. The molecule has 1 rings (SSSR count). The minimum absolute atomic E-state index is 0.184. The summed E-state index contributed by atoms with van der Waals surface area (Å²) in [6.45, 7) is 1.46. The van der Waals surface area contributed by atoms with Crippen molar-refractivity contribution in [3.8, 4) is 0 Å². The van der Waals surface area contributed by atoms with Gasteiger partial charge >= 0.3 is 11.9 Å². The predicted molar refractivity (Wildman–Crippen MR) is 52.6 cm³/mol. The Hall–Kier alpha value is -1.62. The Morgan fingerprint density at radius 2 is 2.00 bits per heavy atom. The van der Waals surface area contributed by atoms with Gasteiger partial charge in [-0.2, -0.15) is 0 Å². The molecule has 0 aliphatic heterocycles. The molecule has 2 N–H and O–H groups in total.